The Hall–Kier alpha value is -2.57. The highest BCUT2D eigenvalue weighted by Gasteiger charge is 2.28. The van der Waals surface area contributed by atoms with Crippen molar-refractivity contribution in [1.82, 2.24) is 9.80 Å². The number of hydrogen-bond donors (Lipinski definition) is 1. The Morgan fingerprint density at radius 3 is 2.43 bits per heavy atom. The van der Waals surface area contributed by atoms with Gasteiger partial charge < -0.3 is 10.2 Å². The quantitative estimate of drug-likeness (QED) is 0.370. The van der Waals surface area contributed by atoms with Crippen LogP contribution in [0.4, 0.5) is 5.69 Å². The second-order valence-corrected chi connectivity index (χ2v) is 11.0. The van der Waals surface area contributed by atoms with Crippen molar-refractivity contribution in [3.63, 3.8) is 0 Å². The molecule has 35 heavy (non-hydrogen) atoms. The number of nitrogens with zero attached hydrogens (tertiary/aromatic N) is 3. The molecule has 2 fully saturated rings. The summed E-state index contributed by atoms with van der Waals surface area (Å²) in [5.74, 6) is 3.86. The molecular formula is C29H38N4OS. The Morgan fingerprint density at radius 2 is 1.80 bits per heavy atom. The first-order valence-electron chi connectivity index (χ1n) is 12.7. The number of benzene rings is 2. The number of carbonyl (C=O) groups is 1. The van der Waals surface area contributed by atoms with Crippen molar-refractivity contribution < 1.29 is 4.79 Å². The van der Waals surface area contributed by atoms with Gasteiger partial charge in [0, 0.05) is 73.7 Å². The van der Waals surface area contributed by atoms with Gasteiger partial charge in [-0.25, -0.2) is 4.99 Å². The van der Waals surface area contributed by atoms with Gasteiger partial charge >= 0.3 is 0 Å². The van der Waals surface area contributed by atoms with Gasteiger partial charge in [0.25, 0.3) is 5.91 Å². The molecule has 0 bridgehead atoms. The summed E-state index contributed by atoms with van der Waals surface area (Å²) in [6.45, 7) is 7.52. The van der Waals surface area contributed by atoms with Crippen molar-refractivity contribution in [3.05, 3.63) is 76.5 Å². The van der Waals surface area contributed by atoms with Gasteiger partial charge in [0.1, 0.15) is 5.84 Å². The fourth-order valence-electron chi connectivity index (χ4n) is 4.34. The van der Waals surface area contributed by atoms with Crippen molar-refractivity contribution >= 4 is 29.2 Å². The van der Waals surface area contributed by atoms with Crippen LogP contribution in [0.3, 0.4) is 0 Å². The van der Waals surface area contributed by atoms with Crippen LogP contribution in [0.15, 0.2) is 64.8 Å². The average Bonchev–Trinajstić information content (AvgIpc) is 3.71. The molecule has 5 nitrogen and oxygen atoms in total. The Labute approximate surface area is 214 Å². The lowest BCUT2D eigenvalue weighted by atomic mass is 10.1. The van der Waals surface area contributed by atoms with E-state index in [9.17, 15) is 4.79 Å². The number of hydrogen-bond acceptors (Lipinski definition) is 4. The topological polar surface area (TPSA) is 47.9 Å². The Bertz CT molecular complexity index is 1080. The summed E-state index contributed by atoms with van der Waals surface area (Å²) < 4.78 is 0. The Balaban J connectivity index is 1.45. The zero-order chi connectivity index (χ0) is 24.8. The molecule has 2 aliphatic rings. The summed E-state index contributed by atoms with van der Waals surface area (Å²) in [6.07, 6.45) is 3.50. The van der Waals surface area contributed by atoms with Gasteiger partial charge in [-0.3, -0.25) is 9.69 Å². The minimum Gasteiger partial charge on any atom is -0.362 e. The molecule has 1 saturated heterocycles. The number of thioether (sulfide) groups is 1. The number of allylic oxidation sites excluding steroid dienone is 2. The number of nitrogens with one attached hydrogen (secondary N) is 1. The van der Waals surface area contributed by atoms with E-state index in [-0.39, 0.29) is 5.91 Å². The predicted octanol–water partition coefficient (Wildman–Crippen LogP) is 5.89. The van der Waals surface area contributed by atoms with Crippen LogP contribution in [0.2, 0.25) is 0 Å². The van der Waals surface area contributed by atoms with E-state index in [4.69, 9.17) is 4.99 Å². The first-order valence-corrected chi connectivity index (χ1v) is 13.9. The molecule has 1 amide bonds. The SMILES string of the molecule is CC/C(C)=C(\N=C(\c1ccc(NC(=O)c2cccc(CN3CCSCC3)c2)cc1)N(C)C)C1CC1. The van der Waals surface area contributed by atoms with E-state index in [1.165, 1.54) is 41.2 Å². The monoisotopic (exact) mass is 490 g/mol. The number of carbonyl (C=O) groups excluding carboxylic acids is 1. The summed E-state index contributed by atoms with van der Waals surface area (Å²) in [5, 5.41) is 3.06. The lowest BCUT2D eigenvalue weighted by molar-refractivity contribution is 0.102. The molecule has 186 valence electrons. The van der Waals surface area contributed by atoms with E-state index >= 15 is 0 Å². The molecule has 1 heterocycles. The van der Waals surface area contributed by atoms with E-state index in [0.29, 0.717) is 11.5 Å². The van der Waals surface area contributed by atoms with E-state index in [1.807, 2.05) is 68.3 Å². The second kappa shape index (κ2) is 11.9. The number of amidine groups is 1. The molecule has 0 aromatic heterocycles. The van der Waals surface area contributed by atoms with E-state index in [1.54, 1.807) is 0 Å². The van der Waals surface area contributed by atoms with Gasteiger partial charge in [0.05, 0.1) is 0 Å². The maximum absolute atomic E-state index is 13.0. The van der Waals surface area contributed by atoms with Crippen LogP contribution in [-0.2, 0) is 6.54 Å². The highest BCUT2D eigenvalue weighted by Crippen LogP contribution is 2.39. The molecule has 0 atom stereocenters. The lowest BCUT2D eigenvalue weighted by Gasteiger charge is -2.26. The first-order chi connectivity index (χ1) is 16.9. The van der Waals surface area contributed by atoms with E-state index in [2.05, 4.69) is 35.0 Å². The normalized spacial score (nSPS) is 17.7. The second-order valence-electron chi connectivity index (χ2n) is 9.74. The van der Waals surface area contributed by atoms with Crippen molar-refractivity contribution in [2.45, 2.75) is 39.7 Å². The third-order valence-electron chi connectivity index (χ3n) is 6.68. The fourth-order valence-corrected chi connectivity index (χ4v) is 5.32. The van der Waals surface area contributed by atoms with Gasteiger partial charge in [0.2, 0.25) is 0 Å². The highest BCUT2D eigenvalue weighted by molar-refractivity contribution is 7.99. The molecule has 0 unspecified atom stereocenters. The number of amides is 1. The molecule has 1 aliphatic heterocycles. The van der Waals surface area contributed by atoms with Gasteiger partial charge in [-0.1, -0.05) is 24.6 Å². The zero-order valence-electron chi connectivity index (χ0n) is 21.5. The van der Waals surface area contributed by atoms with Gasteiger partial charge in [0.15, 0.2) is 0 Å². The molecule has 0 spiro atoms. The predicted molar refractivity (Wildman–Crippen MR) is 149 cm³/mol. The number of aliphatic imine (C=N–C) groups is 1. The number of anilines is 1. The molecule has 4 rings (SSSR count). The summed E-state index contributed by atoms with van der Waals surface area (Å²) in [5.41, 5.74) is 6.35. The Kier molecular flexibility index (Phi) is 8.69. The van der Waals surface area contributed by atoms with Crippen LogP contribution in [0.1, 0.15) is 54.6 Å². The molecule has 6 heteroatoms. The molecule has 1 aliphatic carbocycles. The van der Waals surface area contributed by atoms with Gasteiger partial charge in [-0.15, -0.1) is 0 Å². The van der Waals surface area contributed by atoms with Gasteiger partial charge in [-0.2, -0.15) is 11.8 Å². The van der Waals surface area contributed by atoms with Crippen LogP contribution >= 0.6 is 11.8 Å². The van der Waals surface area contributed by atoms with Crippen molar-refractivity contribution in [3.8, 4) is 0 Å². The Morgan fingerprint density at radius 1 is 1.09 bits per heavy atom. The molecule has 1 N–H and O–H groups in total. The third kappa shape index (κ3) is 6.98. The van der Waals surface area contributed by atoms with Gasteiger partial charge in [-0.05, 0) is 68.1 Å². The molecule has 2 aromatic carbocycles. The highest BCUT2D eigenvalue weighted by atomic mass is 32.2. The molecular weight excluding hydrogens is 452 g/mol. The molecule has 2 aromatic rings. The first kappa shape index (κ1) is 25.5. The van der Waals surface area contributed by atoms with E-state index in [0.717, 1.165) is 43.1 Å². The lowest BCUT2D eigenvalue weighted by Crippen LogP contribution is -2.32. The van der Waals surface area contributed by atoms with Crippen LogP contribution in [0, 0.1) is 5.92 Å². The largest absolute Gasteiger partial charge is 0.362 e. The standard InChI is InChI=1S/C29H38N4OS/c1-5-21(2)27(23-9-10-23)31-28(32(3)4)24-11-13-26(14-12-24)30-29(34)25-8-6-7-22(19-25)20-33-15-17-35-18-16-33/h6-8,11-14,19,23H,5,9-10,15-18,20H2,1-4H3,(H,30,34)/b27-21-,31-28-. The van der Waals surface area contributed by atoms with Crippen molar-refractivity contribution in [1.29, 1.82) is 0 Å². The van der Waals surface area contributed by atoms with Crippen LogP contribution in [-0.4, -0.2) is 60.2 Å². The van der Waals surface area contributed by atoms with E-state index < -0.39 is 0 Å². The minimum atomic E-state index is -0.0761. The number of rotatable bonds is 8. The van der Waals surface area contributed by atoms with Crippen LogP contribution in [0.5, 0.6) is 0 Å². The molecule has 1 saturated carbocycles. The maximum Gasteiger partial charge on any atom is 0.255 e. The summed E-state index contributed by atoms with van der Waals surface area (Å²) in [6, 6.07) is 16.0. The summed E-state index contributed by atoms with van der Waals surface area (Å²) >= 11 is 2.01. The van der Waals surface area contributed by atoms with Crippen molar-refractivity contribution in [2.75, 3.05) is 44.0 Å². The minimum absolute atomic E-state index is 0.0761. The summed E-state index contributed by atoms with van der Waals surface area (Å²) in [4.78, 5) is 22.6. The fraction of sp³-hybridized carbons (Fsp3) is 0.448. The maximum atomic E-state index is 13.0. The van der Waals surface area contributed by atoms with Crippen LogP contribution < -0.4 is 5.32 Å². The average molecular weight is 491 g/mol. The molecule has 0 radical (unpaired) electrons. The van der Waals surface area contributed by atoms with Crippen molar-refractivity contribution in [2.24, 2.45) is 10.9 Å². The van der Waals surface area contributed by atoms with Crippen LogP contribution in [0.25, 0.3) is 0 Å². The smallest absolute Gasteiger partial charge is 0.255 e. The zero-order valence-corrected chi connectivity index (χ0v) is 22.3. The third-order valence-corrected chi connectivity index (χ3v) is 7.62. The summed E-state index contributed by atoms with van der Waals surface area (Å²) in [7, 11) is 4.08.